The summed E-state index contributed by atoms with van der Waals surface area (Å²) in [5.74, 6) is 1.09. The number of aliphatic hydroxyl groups excluding tert-OH is 1. The molecule has 1 N–H and O–H groups in total. The summed E-state index contributed by atoms with van der Waals surface area (Å²) in [7, 11) is 2.23. The first-order valence-electron chi connectivity index (χ1n) is 9.28. The monoisotopic (exact) mass is 324 g/mol. The fourth-order valence-corrected chi connectivity index (χ4v) is 7.36. The van der Waals surface area contributed by atoms with Gasteiger partial charge in [-0.1, -0.05) is 18.2 Å². The Balaban J connectivity index is 1.71. The summed E-state index contributed by atoms with van der Waals surface area (Å²) in [6.45, 7) is 3.81. The Morgan fingerprint density at radius 2 is 2.21 bits per heavy atom. The molecule has 0 unspecified atom stereocenters. The molecule has 0 aromatic heterocycles. The number of piperidine rings is 2. The maximum atomic E-state index is 11.1. The Morgan fingerprint density at radius 3 is 3.04 bits per heavy atom. The van der Waals surface area contributed by atoms with Crippen LogP contribution in [0.2, 0.25) is 0 Å². The minimum absolute atomic E-state index is 0.126. The normalized spacial score (nSPS) is 48.9. The number of nitrogens with zero attached hydrogens (tertiary/aromatic N) is 2. The Labute approximate surface area is 142 Å². The van der Waals surface area contributed by atoms with Gasteiger partial charge < -0.3 is 14.7 Å². The lowest BCUT2D eigenvalue weighted by Crippen LogP contribution is -2.81. The molecule has 2 saturated carbocycles. The van der Waals surface area contributed by atoms with Crippen LogP contribution in [0.4, 0.5) is 5.69 Å². The molecule has 5 fully saturated rings. The standard InChI is InChI=1S/C20H24N2O2/c1-11(23)20-10-22(2)16-8-19(20)13-5-3-4-6-15(13)21-18(19)17-7-14(20)12(16)9-24-17/h3-6,11-12,14,16-17,23H,7-10H2,1-2H3/t11-,12-,14+,16-,17+,19-,20+/m0/s1. The predicted molar refractivity (Wildman–Crippen MR) is 91.7 cm³/mol. The smallest absolute Gasteiger partial charge is 0.0968 e. The molecule has 6 aliphatic rings. The molecular weight excluding hydrogens is 300 g/mol. The molecule has 4 heterocycles. The molecule has 1 spiro atoms. The molecule has 0 radical (unpaired) electrons. The average Bonchev–Trinajstić information content (AvgIpc) is 2.90. The summed E-state index contributed by atoms with van der Waals surface area (Å²) in [6, 6.07) is 9.14. The SMILES string of the molecule is C[C@H](O)[C@@]12CN(C)[C@H]3C[C@]14C(=Nc1ccccc14)[C@H]1C[C@@H]2[C@@H]3CO1. The highest BCUT2D eigenvalue weighted by atomic mass is 16.5. The fraction of sp³-hybridized carbons (Fsp3) is 0.650. The number of hydrogen-bond acceptors (Lipinski definition) is 4. The maximum Gasteiger partial charge on any atom is 0.0968 e. The van der Waals surface area contributed by atoms with Crippen molar-refractivity contribution in [2.24, 2.45) is 22.2 Å². The Morgan fingerprint density at radius 1 is 1.38 bits per heavy atom. The van der Waals surface area contributed by atoms with Crippen molar-refractivity contribution in [3.05, 3.63) is 29.8 Å². The van der Waals surface area contributed by atoms with Gasteiger partial charge in [-0.2, -0.15) is 0 Å². The van der Waals surface area contributed by atoms with Crippen molar-refractivity contribution < 1.29 is 9.84 Å². The minimum Gasteiger partial charge on any atom is -0.393 e. The van der Waals surface area contributed by atoms with Crippen LogP contribution in [0.1, 0.15) is 25.3 Å². The van der Waals surface area contributed by atoms with E-state index in [1.54, 1.807) is 0 Å². The fourth-order valence-electron chi connectivity index (χ4n) is 7.36. The van der Waals surface area contributed by atoms with Crippen molar-refractivity contribution in [1.29, 1.82) is 0 Å². The van der Waals surface area contributed by atoms with Gasteiger partial charge in [0, 0.05) is 29.3 Å². The number of fused-ring (bicyclic) bond motifs is 4. The molecule has 3 saturated heterocycles. The van der Waals surface area contributed by atoms with Crippen LogP contribution < -0.4 is 0 Å². The first-order chi connectivity index (χ1) is 11.6. The van der Waals surface area contributed by atoms with Gasteiger partial charge in [-0.25, -0.2) is 0 Å². The van der Waals surface area contributed by atoms with Crippen LogP contribution in [0.25, 0.3) is 0 Å². The van der Waals surface area contributed by atoms with Gasteiger partial charge in [-0.3, -0.25) is 4.99 Å². The predicted octanol–water partition coefficient (Wildman–Crippen LogP) is 2.13. The van der Waals surface area contributed by atoms with Crippen LogP contribution >= 0.6 is 0 Å². The Hall–Kier alpha value is -1.23. The van der Waals surface area contributed by atoms with E-state index in [2.05, 4.69) is 36.2 Å². The average molecular weight is 324 g/mol. The third-order valence-corrected chi connectivity index (χ3v) is 8.11. The molecule has 2 aliphatic carbocycles. The zero-order valence-corrected chi connectivity index (χ0v) is 14.3. The summed E-state index contributed by atoms with van der Waals surface area (Å²) in [5, 5.41) is 11.1. The number of rotatable bonds is 1. The lowest BCUT2D eigenvalue weighted by molar-refractivity contribution is -0.238. The lowest BCUT2D eigenvalue weighted by Gasteiger charge is -2.73. The van der Waals surface area contributed by atoms with E-state index in [1.807, 2.05) is 6.92 Å². The van der Waals surface area contributed by atoms with Crippen molar-refractivity contribution in [2.45, 2.75) is 43.4 Å². The van der Waals surface area contributed by atoms with E-state index >= 15 is 0 Å². The second-order valence-electron chi connectivity index (χ2n) is 8.65. The summed E-state index contributed by atoms with van der Waals surface area (Å²) < 4.78 is 6.31. The number of aliphatic hydroxyl groups is 1. The molecule has 4 nitrogen and oxygen atoms in total. The third kappa shape index (κ3) is 1.21. The first-order valence-corrected chi connectivity index (χ1v) is 9.28. The lowest BCUT2D eigenvalue weighted by atomic mass is 9.36. The van der Waals surface area contributed by atoms with E-state index in [1.165, 1.54) is 11.3 Å². The molecule has 1 aromatic carbocycles. The van der Waals surface area contributed by atoms with Crippen LogP contribution in [-0.2, 0) is 10.2 Å². The van der Waals surface area contributed by atoms with Crippen LogP contribution in [0.3, 0.4) is 0 Å². The van der Waals surface area contributed by atoms with E-state index in [-0.39, 0.29) is 23.0 Å². The summed E-state index contributed by atoms with van der Waals surface area (Å²) in [6.07, 6.45) is 1.93. The van der Waals surface area contributed by atoms with Crippen molar-refractivity contribution in [3.63, 3.8) is 0 Å². The highest BCUT2D eigenvalue weighted by Gasteiger charge is 2.76. The van der Waals surface area contributed by atoms with Gasteiger partial charge in [0.2, 0.25) is 0 Å². The molecule has 0 amide bonds. The van der Waals surface area contributed by atoms with Gasteiger partial charge in [0.1, 0.15) is 0 Å². The summed E-state index contributed by atoms with van der Waals surface area (Å²) >= 11 is 0. The second kappa shape index (κ2) is 4.12. The van der Waals surface area contributed by atoms with Crippen LogP contribution in [0.5, 0.6) is 0 Å². The zero-order chi connectivity index (χ0) is 16.3. The van der Waals surface area contributed by atoms with Gasteiger partial charge in [-0.15, -0.1) is 0 Å². The molecule has 7 rings (SSSR count). The van der Waals surface area contributed by atoms with Crippen molar-refractivity contribution in [2.75, 3.05) is 20.2 Å². The third-order valence-electron chi connectivity index (χ3n) is 8.11. The van der Waals surface area contributed by atoms with E-state index < -0.39 is 0 Å². The van der Waals surface area contributed by atoms with E-state index in [9.17, 15) is 5.11 Å². The first kappa shape index (κ1) is 14.0. The summed E-state index contributed by atoms with van der Waals surface area (Å²) in [5.41, 5.74) is 3.41. The van der Waals surface area contributed by atoms with Gasteiger partial charge in [0.05, 0.1) is 30.2 Å². The molecule has 5 bridgehead atoms. The van der Waals surface area contributed by atoms with Crippen molar-refractivity contribution in [3.8, 4) is 0 Å². The number of benzene rings is 1. The van der Waals surface area contributed by atoms with E-state index in [4.69, 9.17) is 9.73 Å². The van der Waals surface area contributed by atoms with Crippen molar-refractivity contribution in [1.82, 2.24) is 4.90 Å². The van der Waals surface area contributed by atoms with E-state index in [0.717, 1.165) is 31.7 Å². The van der Waals surface area contributed by atoms with Crippen molar-refractivity contribution >= 4 is 11.4 Å². The number of hydrogen-bond donors (Lipinski definition) is 1. The highest BCUT2D eigenvalue weighted by molar-refractivity contribution is 6.07. The minimum atomic E-state index is -0.343. The Bertz CT molecular complexity index is 775. The maximum absolute atomic E-state index is 11.1. The van der Waals surface area contributed by atoms with Crippen LogP contribution in [-0.4, -0.2) is 54.2 Å². The van der Waals surface area contributed by atoms with Gasteiger partial charge in [0.25, 0.3) is 0 Å². The Kier molecular flexibility index (Phi) is 2.40. The quantitative estimate of drug-likeness (QED) is 0.861. The van der Waals surface area contributed by atoms with Gasteiger partial charge in [0.15, 0.2) is 0 Å². The largest absolute Gasteiger partial charge is 0.393 e. The molecule has 7 atom stereocenters. The molecular formula is C20H24N2O2. The topological polar surface area (TPSA) is 45.1 Å². The van der Waals surface area contributed by atoms with Crippen LogP contribution in [0.15, 0.2) is 29.3 Å². The molecule has 24 heavy (non-hydrogen) atoms. The molecule has 126 valence electrons. The number of aliphatic imine (C=N–C) groups is 1. The van der Waals surface area contributed by atoms with Gasteiger partial charge in [-0.05, 0) is 44.4 Å². The summed E-state index contributed by atoms with van der Waals surface area (Å²) in [4.78, 5) is 7.59. The van der Waals surface area contributed by atoms with Crippen LogP contribution in [0, 0.1) is 17.3 Å². The number of para-hydroxylation sites is 1. The zero-order valence-electron chi connectivity index (χ0n) is 14.3. The molecule has 1 aromatic rings. The highest BCUT2D eigenvalue weighted by Crippen LogP contribution is 2.71. The molecule has 4 aliphatic heterocycles. The van der Waals surface area contributed by atoms with Gasteiger partial charge >= 0.3 is 0 Å². The van der Waals surface area contributed by atoms with E-state index in [0.29, 0.717) is 17.9 Å². The number of ether oxygens (including phenoxy) is 1. The second-order valence-corrected chi connectivity index (χ2v) is 8.65. The molecule has 4 heteroatoms.